The Hall–Kier alpha value is -1.28. The van der Waals surface area contributed by atoms with E-state index < -0.39 is 0 Å². The van der Waals surface area contributed by atoms with Crippen LogP contribution in [0.5, 0.6) is 0 Å². The number of para-hydroxylation sites is 1. The second-order valence-corrected chi connectivity index (χ2v) is 5.84. The molecular weight excluding hydrogens is 220 g/mol. The first-order valence-corrected chi connectivity index (χ1v) is 7.05. The topological polar surface area (TPSA) is 19.0 Å². The van der Waals surface area contributed by atoms with Crippen LogP contribution in [0.25, 0.3) is 10.9 Å². The van der Waals surface area contributed by atoms with Gasteiger partial charge in [0, 0.05) is 36.1 Å². The van der Waals surface area contributed by atoms with Crippen molar-refractivity contribution in [1.29, 1.82) is 0 Å². The first-order valence-electron chi connectivity index (χ1n) is 7.05. The number of aromatic nitrogens is 1. The molecule has 18 heavy (non-hydrogen) atoms. The largest absolute Gasteiger partial charge is 0.358 e. The molecule has 0 amide bonds. The monoisotopic (exact) mass is 242 g/mol. The highest BCUT2D eigenvalue weighted by Crippen LogP contribution is 2.27. The molecule has 2 nitrogen and oxygen atoms in total. The molecule has 0 unspecified atom stereocenters. The molecule has 2 aromatic rings. The maximum atomic E-state index is 3.57. The van der Waals surface area contributed by atoms with Gasteiger partial charge >= 0.3 is 0 Å². The van der Waals surface area contributed by atoms with Crippen molar-refractivity contribution >= 4 is 10.9 Å². The highest BCUT2D eigenvalue weighted by Gasteiger charge is 2.20. The van der Waals surface area contributed by atoms with Crippen molar-refractivity contribution in [2.24, 2.45) is 5.92 Å². The van der Waals surface area contributed by atoms with Gasteiger partial charge in [-0.3, -0.25) is 4.90 Å². The van der Waals surface area contributed by atoms with Crippen molar-refractivity contribution in [3.8, 4) is 0 Å². The summed E-state index contributed by atoms with van der Waals surface area (Å²) in [5, 5.41) is 1.42. The van der Waals surface area contributed by atoms with E-state index >= 15 is 0 Å². The van der Waals surface area contributed by atoms with Crippen molar-refractivity contribution in [3.05, 3.63) is 35.5 Å². The van der Waals surface area contributed by atoms with Gasteiger partial charge in [0.1, 0.15) is 0 Å². The standard InChI is InChI=1S/C16H22N2/c1-12(2)7-9-18-10-8-16-14(11-18)13-5-3-4-6-15(13)17-16/h3-6,12,17H,7-11H2,1-2H3. The molecule has 1 aromatic carbocycles. The van der Waals surface area contributed by atoms with Crippen molar-refractivity contribution in [3.63, 3.8) is 0 Å². The normalized spacial score (nSPS) is 16.4. The first kappa shape index (κ1) is 11.8. The van der Waals surface area contributed by atoms with Gasteiger partial charge in [-0.25, -0.2) is 0 Å². The fourth-order valence-corrected chi connectivity index (χ4v) is 2.85. The Morgan fingerprint density at radius 2 is 2.11 bits per heavy atom. The third kappa shape index (κ3) is 2.17. The zero-order valence-corrected chi connectivity index (χ0v) is 11.4. The molecule has 0 saturated carbocycles. The lowest BCUT2D eigenvalue weighted by molar-refractivity contribution is 0.239. The van der Waals surface area contributed by atoms with Crippen LogP contribution in [0.15, 0.2) is 24.3 Å². The summed E-state index contributed by atoms with van der Waals surface area (Å²) in [5.74, 6) is 0.800. The van der Waals surface area contributed by atoms with Gasteiger partial charge < -0.3 is 4.98 Å². The molecule has 1 aliphatic heterocycles. The van der Waals surface area contributed by atoms with Crippen molar-refractivity contribution in [1.82, 2.24) is 9.88 Å². The highest BCUT2D eigenvalue weighted by molar-refractivity contribution is 5.84. The fraction of sp³-hybridized carbons (Fsp3) is 0.500. The Morgan fingerprint density at radius 1 is 1.28 bits per heavy atom. The molecule has 0 saturated heterocycles. The van der Waals surface area contributed by atoms with Gasteiger partial charge in [0.15, 0.2) is 0 Å². The Labute approximate surface area is 109 Å². The molecule has 0 atom stereocenters. The lowest BCUT2D eigenvalue weighted by Gasteiger charge is -2.27. The van der Waals surface area contributed by atoms with E-state index in [0.717, 1.165) is 12.5 Å². The number of rotatable bonds is 3. The molecule has 0 spiro atoms. The maximum Gasteiger partial charge on any atom is 0.0459 e. The van der Waals surface area contributed by atoms with Crippen molar-refractivity contribution in [2.45, 2.75) is 33.2 Å². The highest BCUT2D eigenvalue weighted by atomic mass is 15.1. The van der Waals surface area contributed by atoms with Crippen LogP contribution in [-0.2, 0) is 13.0 Å². The molecular formula is C16H22N2. The van der Waals surface area contributed by atoms with E-state index in [2.05, 4.69) is 48.0 Å². The van der Waals surface area contributed by atoms with Gasteiger partial charge in [-0.1, -0.05) is 32.0 Å². The van der Waals surface area contributed by atoms with E-state index in [1.165, 1.54) is 48.1 Å². The average molecular weight is 242 g/mol. The van der Waals surface area contributed by atoms with Gasteiger partial charge in [0.05, 0.1) is 0 Å². The zero-order valence-electron chi connectivity index (χ0n) is 11.4. The smallest absolute Gasteiger partial charge is 0.0459 e. The third-order valence-corrected chi connectivity index (χ3v) is 3.98. The summed E-state index contributed by atoms with van der Waals surface area (Å²) in [6, 6.07) is 8.69. The molecule has 3 rings (SSSR count). The maximum absolute atomic E-state index is 3.57. The number of hydrogen-bond acceptors (Lipinski definition) is 1. The van der Waals surface area contributed by atoms with E-state index in [1.54, 1.807) is 0 Å². The van der Waals surface area contributed by atoms with Crippen molar-refractivity contribution in [2.75, 3.05) is 13.1 Å². The molecule has 2 heteroatoms. The van der Waals surface area contributed by atoms with Crippen LogP contribution in [0.2, 0.25) is 0 Å². The lowest BCUT2D eigenvalue weighted by atomic mass is 10.0. The Balaban J connectivity index is 1.83. The molecule has 0 aliphatic carbocycles. The van der Waals surface area contributed by atoms with Gasteiger partial charge in [0.2, 0.25) is 0 Å². The Kier molecular flexibility index (Phi) is 3.13. The van der Waals surface area contributed by atoms with Crippen LogP contribution in [-0.4, -0.2) is 23.0 Å². The second kappa shape index (κ2) is 4.77. The summed E-state index contributed by atoms with van der Waals surface area (Å²) >= 11 is 0. The quantitative estimate of drug-likeness (QED) is 0.871. The molecule has 2 heterocycles. The minimum absolute atomic E-state index is 0.800. The van der Waals surface area contributed by atoms with Gasteiger partial charge in [-0.15, -0.1) is 0 Å². The van der Waals surface area contributed by atoms with Crippen molar-refractivity contribution < 1.29 is 0 Å². The predicted molar refractivity (Wildman–Crippen MR) is 76.7 cm³/mol. The molecule has 1 aliphatic rings. The minimum atomic E-state index is 0.800. The molecule has 0 radical (unpaired) electrons. The molecule has 1 aromatic heterocycles. The van der Waals surface area contributed by atoms with Gasteiger partial charge in [-0.05, 0) is 30.5 Å². The number of aromatic amines is 1. The van der Waals surface area contributed by atoms with Crippen LogP contribution in [0, 0.1) is 5.92 Å². The van der Waals surface area contributed by atoms with Crippen LogP contribution < -0.4 is 0 Å². The molecule has 0 fully saturated rings. The zero-order chi connectivity index (χ0) is 12.5. The summed E-state index contributed by atoms with van der Waals surface area (Å²) in [5.41, 5.74) is 4.28. The fourth-order valence-electron chi connectivity index (χ4n) is 2.85. The molecule has 1 N–H and O–H groups in total. The number of H-pyrrole nitrogens is 1. The Bertz CT molecular complexity index is 539. The van der Waals surface area contributed by atoms with Gasteiger partial charge in [-0.2, -0.15) is 0 Å². The number of nitrogens with one attached hydrogen (secondary N) is 1. The first-order chi connectivity index (χ1) is 8.74. The lowest BCUT2D eigenvalue weighted by Crippen LogP contribution is -2.31. The number of fused-ring (bicyclic) bond motifs is 3. The Morgan fingerprint density at radius 3 is 2.94 bits per heavy atom. The second-order valence-electron chi connectivity index (χ2n) is 5.84. The number of nitrogens with zero attached hydrogens (tertiary/aromatic N) is 1. The third-order valence-electron chi connectivity index (χ3n) is 3.98. The summed E-state index contributed by atoms with van der Waals surface area (Å²) in [6.45, 7) is 8.16. The molecule has 96 valence electrons. The summed E-state index contributed by atoms with van der Waals surface area (Å²) in [7, 11) is 0. The van der Waals surface area contributed by atoms with E-state index in [4.69, 9.17) is 0 Å². The van der Waals surface area contributed by atoms with E-state index in [9.17, 15) is 0 Å². The van der Waals surface area contributed by atoms with Crippen LogP contribution in [0.4, 0.5) is 0 Å². The number of benzene rings is 1. The van der Waals surface area contributed by atoms with E-state index in [-0.39, 0.29) is 0 Å². The van der Waals surface area contributed by atoms with Crippen LogP contribution >= 0.6 is 0 Å². The van der Waals surface area contributed by atoms with Crippen LogP contribution in [0.1, 0.15) is 31.5 Å². The van der Waals surface area contributed by atoms with Gasteiger partial charge in [0.25, 0.3) is 0 Å². The SMILES string of the molecule is CC(C)CCN1CCc2[nH]c3ccccc3c2C1. The summed E-state index contributed by atoms with van der Waals surface area (Å²) < 4.78 is 0. The molecule has 0 bridgehead atoms. The summed E-state index contributed by atoms with van der Waals surface area (Å²) in [6.07, 6.45) is 2.47. The van der Waals surface area contributed by atoms with E-state index in [1.807, 2.05) is 0 Å². The number of hydrogen-bond donors (Lipinski definition) is 1. The van der Waals surface area contributed by atoms with Crippen LogP contribution in [0.3, 0.4) is 0 Å². The average Bonchev–Trinajstić information content (AvgIpc) is 2.74. The summed E-state index contributed by atoms with van der Waals surface area (Å²) in [4.78, 5) is 6.17. The minimum Gasteiger partial charge on any atom is -0.358 e. The predicted octanol–water partition coefficient (Wildman–Crippen LogP) is 3.57. The van der Waals surface area contributed by atoms with E-state index in [0.29, 0.717) is 0 Å².